The van der Waals surface area contributed by atoms with E-state index in [9.17, 15) is 8.42 Å². The van der Waals surface area contributed by atoms with Crippen molar-refractivity contribution in [2.24, 2.45) is 5.14 Å². The molecule has 4 rings (SSSR count). The average molecular weight is 413 g/mol. The van der Waals surface area contributed by atoms with Gasteiger partial charge in [0.05, 0.1) is 11.4 Å². The average Bonchev–Trinajstić information content (AvgIpc) is 3.39. The maximum absolute atomic E-state index is 12.6. The highest BCUT2D eigenvalue weighted by atomic mass is 32.2. The van der Waals surface area contributed by atoms with Gasteiger partial charge in [-0.2, -0.15) is 16.0 Å². The summed E-state index contributed by atoms with van der Waals surface area (Å²) in [5.41, 5.74) is 3.11. The third-order valence-corrected chi connectivity index (χ3v) is 5.87. The molecule has 0 atom stereocenters. The normalized spacial score (nSPS) is 11.5. The van der Waals surface area contributed by atoms with Crippen LogP contribution in [0.4, 0.5) is 5.69 Å². The Morgan fingerprint density at radius 3 is 2.57 bits per heavy atom. The van der Waals surface area contributed by atoms with Gasteiger partial charge in [-0.25, -0.2) is 13.6 Å². The van der Waals surface area contributed by atoms with Crippen molar-refractivity contribution in [3.8, 4) is 16.8 Å². The Bertz CT molecular complexity index is 1170. The number of tetrazole rings is 1. The van der Waals surface area contributed by atoms with E-state index in [-0.39, 0.29) is 4.90 Å². The van der Waals surface area contributed by atoms with E-state index >= 15 is 0 Å². The summed E-state index contributed by atoms with van der Waals surface area (Å²) in [6.45, 7) is 0.477. The summed E-state index contributed by atoms with van der Waals surface area (Å²) < 4.78 is 26.6. The first-order valence-electron chi connectivity index (χ1n) is 8.27. The highest BCUT2D eigenvalue weighted by Gasteiger charge is 2.24. The van der Waals surface area contributed by atoms with Gasteiger partial charge in [0.1, 0.15) is 11.2 Å². The van der Waals surface area contributed by atoms with Crippen molar-refractivity contribution in [2.45, 2.75) is 11.4 Å². The molecule has 0 saturated heterocycles. The smallest absolute Gasteiger partial charge is 0.240 e. The van der Waals surface area contributed by atoms with Gasteiger partial charge in [-0.1, -0.05) is 30.3 Å². The van der Waals surface area contributed by atoms with Crippen molar-refractivity contribution in [3.63, 3.8) is 0 Å². The van der Waals surface area contributed by atoms with E-state index in [0.29, 0.717) is 29.0 Å². The van der Waals surface area contributed by atoms with Crippen LogP contribution in [-0.2, 0) is 16.6 Å². The van der Waals surface area contributed by atoms with Gasteiger partial charge >= 0.3 is 0 Å². The highest BCUT2D eigenvalue weighted by molar-refractivity contribution is 7.89. The number of primary sulfonamides is 1. The molecule has 0 radical (unpaired) electrons. The van der Waals surface area contributed by atoms with Crippen molar-refractivity contribution in [1.29, 1.82) is 0 Å². The van der Waals surface area contributed by atoms with E-state index in [1.165, 1.54) is 11.0 Å². The second-order valence-corrected chi connectivity index (χ2v) is 8.27. The third kappa shape index (κ3) is 3.65. The Morgan fingerprint density at radius 1 is 1.11 bits per heavy atom. The molecule has 10 heteroatoms. The van der Waals surface area contributed by atoms with Crippen molar-refractivity contribution in [2.75, 3.05) is 5.32 Å². The fraction of sp³-hybridized carbons (Fsp3) is 0.0556. The van der Waals surface area contributed by atoms with Crippen LogP contribution >= 0.6 is 11.3 Å². The van der Waals surface area contributed by atoms with Crippen LogP contribution in [0.3, 0.4) is 0 Å². The van der Waals surface area contributed by atoms with E-state index in [1.807, 2.05) is 47.2 Å². The van der Waals surface area contributed by atoms with Crippen molar-refractivity contribution in [3.05, 3.63) is 71.2 Å². The lowest BCUT2D eigenvalue weighted by molar-refractivity contribution is 0.598. The number of aromatic nitrogens is 4. The molecule has 0 saturated carbocycles. The molecule has 2 aromatic carbocycles. The first kappa shape index (κ1) is 18.3. The van der Waals surface area contributed by atoms with Crippen LogP contribution < -0.4 is 10.5 Å². The minimum absolute atomic E-state index is 0.00179. The lowest BCUT2D eigenvalue weighted by Gasteiger charge is -2.18. The van der Waals surface area contributed by atoms with Gasteiger partial charge in [0.2, 0.25) is 10.0 Å². The summed E-state index contributed by atoms with van der Waals surface area (Å²) in [6.07, 6.45) is 1.41. The van der Waals surface area contributed by atoms with Crippen LogP contribution in [0.5, 0.6) is 0 Å². The van der Waals surface area contributed by atoms with Crippen LogP contribution in [0.15, 0.2) is 70.5 Å². The topological polar surface area (TPSA) is 116 Å². The number of thiophene rings is 1. The summed E-state index contributed by atoms with van der Waals surface area (Å²) in [7, 11) is -4.06. The quantitative estimate of drug-likeness (QED) is 0.503. The molecular formula is C18H16N6O2S2. The van der Waals surface area contributed by atoms with Gasteiger partial charge in [-0.3, -0.25) is 0 Å². The molecule has 2 aromatic heterocycles. The highest BCUT2D eigenvalue weighted by Crippen LogP contribution is 2.37. The zero-order valence-corrected chi connectivity index (χ0v) is 16.2. The molecule has 0 amide bonds. The predicted octanol–water partition coefficient (Wildman–Crippen LogP) is 2.65. The molecule has 0 aliphatic heterocycles. The first-order chi connectivity index (χ1) is 13.5. The van der Waals surface area contributed by atoms with Gasteiger partial charge in [0.15, 0.2) is 0 Å². The Morgan fingerprint density at radius 2 is 1.93 bits per heavy atom. The molecule has 8 nitrogen and oxygen atoms in total. The number of hydrogen-bond donors (Lipinski definition) is 2. The third-order valence-electron chi connectivity index (χ3n) is 4.14. The van der Waals surface area contributed by atoms with Crippen LogP contribution in [0.2, 0.25) is 0 Å². The number of sulfonamides is 1. The summed E-state index contributed by atoms with van der Waals surface area (Å²) in [5, 5.41) is 24.0. The first-order valence-corrected chi connectivity index (χ1v) is 10.8. The van der Waals surface area contributed by atoms with Crippen molar-refractivity contribution < 1.29 is 8.42 Å². The van der Waals surface area contributed by atoms with E-state index in [2.05, 4.69) is 20.8 Å². The Hall–Kier alpha value is -3.08. The Balaban J connectivity index is 1.94. The van der Waals surface area contributed by atoms with Gasteiger partial charge in [-0.15, -0.1) is 5.10 Å². The summed E-state index contributed by atoms with van der Waals surface area (Å²) >= 11 is 1.58. The molecule has 4 aromatic rings. The molecule has 0 aliphatic carbocycles. The van der Waals surface area contributed by atoms with Gasteiger partial charge in [-0.05, 0) is 50.5 Å². The number of benzene rings is 2. The van der Waals surface area contributed by atoms with E-state index < -0.39 is 10.0 Å². The summed E-state index contributed by atoms with van der Waals surface area (Å²) in [4.78, 5) is 0.00179. The second kappa shape index (κ2) is 7.50. The summed E-state index contributed by atoms with van der Waals surface area (Å²) in [5.74, 6) is 0. The molecule has 0 bridgehead atoms. The maximum atomic E-state index is 12.6. The Kier molecular flexibility index (Phi) is 4.90. The number of nitrogens with one attached hydrogen (secondary N) is 1. The lowest BCUT2D eigenvalue weighted by atomic mass is 10.0. The Labute approximate surface area is 165 Å². The minimum atomic E-state index is -4.06. The lowest BCUT2D eigenvalue weighted by Crippen LogP contribution is -2.18. The van der Waals surface area contributed by atoms with E-state index in [0.717, 1.165) is 5.56 Å². The molecule has 2 heterocycles. The fourth-order valence-corrected chi connectivity index (χ4v) is 4.57. The number of nitrogens with zero attached hydrogens (tertiary/aromatic N) is 4. The standard InChI is InChI=1S/C18H16N6O2S2/c19-28(25,26)18-15(20-10-13-8-9-27-11-13)6-7-16(24-12-21-22-23-24)17(18)14-4-2-1-3-5-14/h1-9,11-12,20H,10H2,(H2,19,25,26). The largest absolute Gasteiger partial charge is 0.380 e. The predicted molar refractivity (Wildman–Crippen MR) is 108 cm³/mol. The van der Waals surface area contributed by atoms with Crippen LogP contribution in [-0.4, -0.2) is 28.6 Å². The van der Waals surface area contributed by atoms with Gasteiger partial charge in [0.25, 0.3) is 0 Å². The zero-order chi connectivity index (χ0) is 19.6. The maximum Gasteiger partial charge on any atom is 0.240 e. The van der Waals surface area contributed by atoms with Gasteiger partial charge in [0, 0.05) is 12.1 Å². The molecule has 0 spiro atoms. The molecule has 28 heavy (non-hydrogen) atoms. The molecule has 3 N–H and O–H groups in total. The molecule has 0 aliphatic rings. The van der Waals surface area contributed by atoms with Gasteiger partial charge < -0.3 is 5.32 Å². The molecular weight excluding hydrogens is 396 g/mol. The second-order valence-electron chi connectivity index (χ2n) is 5.99. The number of rotatable bonds is 6. The number of hydrogen-bond acceptors (Lipinski definition) is 7. The van der Waals surface area contributed by atoms with Crippen LogP contribution in [0, 0.1) is 0 Å². The minimum Gasteiger partial charge on any atom is -0.380 e. The van der Waals surface area contributed by atoms with Crippen molar-refractivity contribution in [1.82, 2.24) is 20.2 Å². The summed E-state index contributed by atoms with van der Waals surface area (Å²) in [6, 6.07) is 14.6. The monoisotopic (exact) mass is 412 g/mol. The fourth-order valence-electron chi connectivity index (χ4n) is 2.94. The SMILES string of the molecule is NS(=O)(=O)c1c(NCc2ccsc2)ccc(-n2cnnn2)c1-c1ccccc1. The van der Waals surface area contributed by atoms with E-state index in [1.54, 1.807) is 23.5 Å². The molecule has 0 fully saturated rings. The van der Waals surface area contributed by atoms with Crippen LogP contribution in [0.1, 0.15) is 5.56 Å². The number of nitrogens with two attached hydrogens (primary N) is 1. The van der Waals surface area contributed by atoms with Crippen LogP contribution in [0.25, 0.3) is 16.8 Å². The molecule has 0 unspecified atom stereocenters. The zero-order valence-electron chi connectivity index (χ0n) is 14.6. The molecule has 142 valence electrons. The number of anilines is 1. The van der Waals surface area contributed by atoms with E-state index in [4.69, 9.17) is 5.14 Å². The van der Waals surface area contributed by atoms with Crippen molar-refractivity contribution >= 4 is 27.0 Å².